The molecule has 4 heteroatoms. The van der Waals surface area contributed by atoms with E-state index >= 15 is 0 Å². The summed E-state index contributed by atoms with van der Waals surface area (Å²) in [5.74, 6) is -0.841. The van der Waals surface area contributed by atoms with E-state index in [1.54, 1.807) is 13.0 Å². The second kappa shape index (κ2) is 4.59. The highest BCUT2D eigenvalue weighted by atomic mass is 19.1. The summed E-state index contributed by atoms with van der Waals surface area (Å²) < 4.78 is 19.3. The van der Waals surface area contributed by atoms with Gasteiger partial charge >= 0.3 is 5.97 Å². The van der Waals surface area contributed by atoms with E-state index in [0.717, 1.165) is 12.8 Å². The Balaban J connectivity index is 2.65. The number of ether oxygens (including phenoxy) is 1. The van der Waals surface area contributed by atoms with Gasteiger partial charge in [0.2, 0.25) is 0 Å². The minimum absolute atomic E-state index is 0.298. The van der Waals surface area contributed by atoms with Crippen molar-refractivity contribution in [3.8, 4) is 5.75 Å². The van der Waals surface area contributed by atoms with Crippen LogP contribution in [0.1, 0.15) is 36.8 Å². The van der Waals surface area contributed by atoms with Crippen LogP contribution in [0.5, 0.6) is 5.75 Å². The smallest absolute Gasteiger partial charge is 0.314 e. The standard InChI is InChI=1S/C14H17FO3/c1-9-11(18-2)6-5-10(15)12(9)14(13(16)17)7-3-4-8-14/h5-6H,3-4,7-8H2,1-2H3,(H,16,17). The van der Waals surface area contributed by atoms with E-state index < -0.39 is 17.2 Å². The van der Waals surface area contributed by atoms with Gasteiger partial charge in [0.25, 0.3) is 0 Å². The fourth-order valence-electron chi connectivity index (χ4n) is 3.02. The molecule has 0 heterocycles. The molecule has 0 spiro atoms. The van der Waals surface area contributed by atoms with Crippen LogP contribution in [0.2, 0.25) is 0 Å². The molecule has 0 atom stereocenters. The summed E-state index contributed by atoms with van der Waals surface area (Å²) in [6.07, 6.45) is 2.63. The summed E-state index contributed by atoms with van der Waals surface area (Å²) in [4.78, 5) is 11.6. The Morgan fingerprint density at radius 1 is 1.39 bits per heavy atom. The van der Waals surface area contributed by atoms with Gasteiger partial charge in [-0.1, -0.05) is 12.8 Å². The van der Waals surface area contributed by atoms with Crippen LogP contribution >= 0.6 is 0 Å². The molecule has 0 amide bonds. The zero-order valence-corrected chi connectivity index (χ0v) is 10.6. The van der Waals surface area contributed by atoms with Gasteiger partial charge in [0.15, 0.2) is 0 Å². The zero-order chi connectivity index (χ0) is 13.3. The van der Waals surface area contributed by atoms with Crippen molar-refractivity contribution < 1.29 is 19.0 Å². The van der Waals surface area contributed by atoms with Crippen molar-refractivity contribution in [2.45, 2.75) is 38.0 Å². The van der Waals surface area contributed by atoms with Crippen molar-refractivity contribution >= 4 is 5.97 Å². The van der Waals surface area contributed by atoms with Crippen LogP contribution in [0.15, 0.2) is 12.1 Å². The molecule has 0 aliphatic heterocycles. The molecule has 1 N–H and O–H groups in total. The van der Waals surface area contributed by atoms with Gasteiger partial charge in [0.05, 0.1) is 12.5 Å². The number of benzene rings is 1. The average Bonchev–Trinajstić information content (AvgIpc) is 2.80. The second-order valence-corrected chi connectivity index (χ2v) is 4.84. The van der Waals surface area contributed by atoms with Crippen LogP contribution in [-0.2, 0) is 10.2 Å². The number of aliphatic carboxylic acids is 1. The minimum atomic E-state index is -1.08. The largest absolute Gasteiger partial charge is 0.496 e. The van der Waals surface area contributed by atoms with Gasteiger partial charge < -0.3 is 9.84 Å². The molecule has 18 heavy (non-hydrogen) atoms. The van der Waals surface area contributed by atoms with Gasteiger partial charge in [-0.15, -0.1) is 0 Å². The van der Waals surface area contributed by atoms with E-state index in [9.17, 15) is 14.3 Å². The second-order valence-electron chi connectivity index (χ2n) is 4.84. The third-order valence-corrected chi connectivity index (χ3v) is 3.93. The molecule has 0 radical (unpaired) electrons. The van der Waals surface area contributed by atoms with E-state index in [2.05, 4.69) is 0 Å². The Kier molecular flexibility index (Phi) is 3.28. The molecule has 1 aromatic rings. The van der Waals surface area contributed by atoms with E-state index in [-0.39, 0.29) is 0 Å². The van der Waals surface area contributed by atoms with Gasteiger partial charge in [-0.25, -0.2) is 4.39 Å². The Morgan fingerprint density at radius 2 is 2.00 bits per heavy atom. The lowest BCUT2D eigenvalue weighted by molar-refractivity contribution is -0.143. The van der Waals surface area contributed by atoms with Crippen molar-refractivity contribution in [3.63, 3.8) is 0 Å². The Hall–Kier alpha value is -1.58. The lowest BCUT2D eigenvalue weighted by atomic mass is 9.76. The fourth-order valence-corrected chi connectivity index (χ4v) is 3.02. The number of hydrogen-bond donors (Lipinski definition) is 1. The number of carboxylic acids is 1. The predicted octanol–water partition coefficient (Wildman–Crippen LogP) is 3.04. The van der Waals surface area contributed by atoms with Crippen LogP contribution in [0.25, 0.3) is 0 Å². The zero-order valence-electron chi connectivity index (χ0n) is 10.6. The van der Waals surface area contributed by atoms with Gasteiger partial charge in [0.1, 0.15) is 11.6 Å². The van der Waals surface area contributed by atoms with Gasteiger partial charge in [-0.05, 0) is 37.5 Å². The van der Waals surface area contributed by atoms with Crippen molar-refractivity contribution in [3.05, 3.63) is 29.1 Å². The SMILES string of the molecule is COc1ccc(F)c(C2(C(=O)O)CCCC2)c1C. The maximum absolute atomic E-state index is 14.1. The number of hydrogen-bond acceptors (Lipinski definition) is 2. The first-order chi connectivity index (χ1) is 8.53. The third kappa shape index (κ3) is 1.76. The highest BCUT2D eigenvalue weighted by molar-refractivity contribution is 5.82. The predicted molar refractivity (Wildman–Crippen MR) is 65.5 cm³/mol. The van der Waals surface area contributed by atoms with Gasteiger partial charge in [0, 0.05) is 5.56 Å². The van der Waals surface area contributed by atoms with E-state index in [1.165, 1.54) is 13.2 Å². The molecule has 1 fully saturated rings. The molecule has 1 saturated carbocycles. The molecule has 98 valence electrons. The highest BCUT2D eigenvalue weighted by Gasteiger charge is 2.46. The van der Waals surface area contributed by atoms with Crippen LogP contribution in [0, 0.1) is 12.7 Å². The van der Waals surface area contributed by atoms with Crippen molar-refractivity contribution in [1.29, 1.82) is 0 Å². The number of carbonyl (C=O) groups is 1. The first-order valence-corrected chi connectivity index (χ1v) is 6.10. The van der Waals surface area contributed by atoms with Crippen LogP contribution in [0.4, 0.5) is 4.39 Å². The molecule has 1 aromatic carbocycles. The summed E-state index contributed by atoms with van der Waals surface area (Å²) in [6.45, 7) is 1.72. The average molecular weight is 252 g/mol. The number of methoxy groups -OCH3 is 1. The van der Waals surface area contributed by atoms with Crippen LogP contribution in [0.3, 0.4) is 0 Å². The maximum atomic E-state index is 14.1. The van der Waals surface area contributed by atoms with E-state index in [0.29, 0.717) is 29.7 Å². The third-order valence-electron chi connectivity index (χ3n) is 3.93. The Morgan fingerprint density at radius 3 is 2.50 bits per heavy atom. The first kappa shape index (κ1) is 12.9. The summed E-state index contributed by atoms with van der Waals surface area (Å²) >= 11 is 0. The molecule has 1 aliphatic carbocycles. The molecule has 0 bridgehead atoms. The van der Waals surface area contributed by atoms with E-state index in [1.807, 2.05) is 0 Å². The van der Waals surface area contributed by atoms with Gasteiger partial charge in [-0.2, -0.15) is 0 Å². The monoisotopic (exact) mass is 252 g/mol. The highest BCUT2D eigenvalue weighted by Crippen LogP contribution is 2.45. The quantitative estimate of drug-likeness (QED) is 0.899. The van der Waals surface area contributed by atoms with Crippen LogP contribution < -0.4 is 4.74 Å². The lowest BCUT2D eigenvalue weighted by Crippen LogP contribution is -2.34. The number of halogens is 1. The van der Waals surface area contributed by atoms with Crippen molar-refractivity contribution in [1.82, 2.24) is 0 Å². The molecule has 3 nitrogen and oxygen atoms in total. The molecule has 0 saturated heterocycles. The maximum Gasteiger partial charge on any atom is 0.314 e. The fraction of sp³-hybridized carbons (Fsp3) is 0.500. The van der Waals surface area contributed by atoms with E-state index in [4.69, 9.17) is 4.74 Å². The first-order valence-electron chi connectivity index (χ1n) is 6.10. The van der Waals surface area contributed by atoms with Gasteiger partial charge in [-0.3, -0.25) is 4.79 Å². The Bertz CT molecular complexity index is 476. The minimum Gasteiger partial charge on any atom is -0.496 e. The summed E-state index contributed by atoms with van der Waals surface area (Å²) in [7, 11) is 1.51. The molecule has 0 unspecified atom stereocenters. The summed E-state index contributed by atoms with van der Waals surface area (Å²) in [5.41, 5.74) is -0.184. The number of carboxylic acid groups (broad SMARTS) is 1. The van der Waals surface area contributed by atoms with Crippen molar-refractivity contribution in [2.24, 2.45) is 0 Å². The topological polar surface area (TPSA) is 46.5 Å². The lowest BCUT2D eigenvalue weighted by Gasteiger charge is -2.27. The molecular formula is C14H17FO3. The Labute approximate surface area is 106 Å². The summed E-state index contributed by atoms with van der Waals surface area (Å²) in [5, 5.41) is 9.52. The van der Waals surface area contributed by atoms with Crippen LogP contribution in [-0.4, -0.2) is 18.2 Å². The molecule has 0 aromatic heterocycles. The molecular weight excluding hydrogens is 235 g/mol. The van der Waals surface area contributed by atoms with Crippen molar-refractivity contribution in [2.75, 3.05) is 7.11 Å². The molecule has 1 aliphatic rings. The summed E-state index contributed by atoms with van der Waals surface area (Å²) in [6, 6.07) is 2.84. The normalized spacial score (nSPS) is 17.7. The molecule has 2 rings (SSSR count). The number of rotatable bonds is 3.